The first-order valence-corrected chi connectivity index (χ1v) is 5.91. The molecule has 1 rings (SSSR count). The summed E-state index contributed by atoms with van der Waals surface area (Å²) in [6.45, 7) is 2.02. The molecule has 1 aromatic rings. The Kier molecular flexibility index (Phi) is 6.15. The lowest BCUT2D eigenvalue weighted by Crippen LogP contribution is -2.26. The predicted octanol–water partition coefficient (Wildman–Crippen LogP) is 4.26. The Labute approximate surface area is 105 Å². The Bertz CT molecular complexity index is 325. The lowest BCUT2D eigenvalue weighted by Gasteiger charge is -2.19. The van der Waals surface area contributed by atoms with Crippen LogP contribution in [0.25, 0.3) is 0 Å². The molecule has 1 aromatic carbocycles. The Morgan fingerprint density at radius 2 is 1.83 bits per heavy atom. The summed E-state index contributed by atoms with van der Waals surface area (Å²) in [5, 5.41) is 0. The molecule has 18 heavy (non-hydrogen) atoms. The minimum absolute atomic E-state index is 0.116. The van der Waals surface area contributed by atoms with Crippen LogP contribution in [0.15, 0.2) is 30.3 Å². The summed E-state index contributed by atoms with van der Waals surface area (Å²) < 4.78 is 45.6. The molecule has 0 aliphatic heterocycles. The smallest absolute Gasteiger partial charge is 0.348 e. The predicted molar refractivity (Wildman–Crippen MR) is 61.7 cm³/mol. The molecule has 0 N–H and O–H groups in total. The van der Waals surface area contributed by atoms with Crippen molar-refractivity contribution in [2.24, 2.45) is 0 Å². The van der Waals surface area contributed by atoms with Crippen LogP contribution in [0.1, 0.15) is 31.7 Å². The van der Waals surface area contributed by atoms with Gasteiger partial charge in [0.15, 0.2) is 6.29 Å². The van der Waals surface area contributed by atoms with Crippen LogP contribution >= 0.6 is 0 Å². The van der Waals surface area contributed by atoms with Gasteiger partial charge in [-0.2, -0.15) is 0 Å². The zero-order valence-corrected chi connectivity index (χ0v) is 10.2. The van der Waals surface area contributed by atoms with E-state index in [9.17, 15) is 13.2 Å². The van der Waals surface area contributed by atoms with E-state index in [0.717, 1.165) is 12.0 Å². The van der Waals surface area contributed by atoms with Crippen molar-refractivity contribution in [3.63, 3.8) is 0 Å². The minimum Gasteiger partial charge on any atom is -0.348 e. The Balaban J connectivity index is 2.45. The molecule has 0 spiro atoms. The molecule has 1 unspecified atom stereocenters. The van der Waals surface area contributed by atoms with Gasteiger partial charge in [-0.25, -0.2) is 0 Å². The number of hydrogen-bond donors (Lipinski definition) is 0. The summed E-state index contributed by atoms with van der Waals surface area (Å²) in [4.78, 5) is 0. The molecule has 0 radical (unpaired) electrons. The van der Waals surface area contributed by atoms with Crippen LogP contribution in [0.5, 0.6) is 0 Å². The van der Waals surface area contributed by atoms with E-state index in [0.29, 0.717) is 6.42 Å². The van der Waals surface area contributed by atoms with Gasteiger partial charge in [0.2, 0.25) is 0 Å². The fourth-order valence-corrected chi connectivity index (χ4v) is 1.46. The van der Waals surface area contributed by atoms with E-state index in [1.165, 1.54) is 0 Å². The van der Waals surface area contributed by atoms with Gasteiger partial charge in [0.05, 0.1) is 6.61 Å². The number of halogens is 3. The summed E-state index contributed by atoms with van der Waals surface area (Å²) in [7, 11) is 0. The van der Waals surface area contributed by atoms with Crippen LogP contribution in [0, 0.1) is 0 Å². The fourth-order valence-electron chi connectivity index (χ4n) is 1.46. The summed E-state index contributed by atoms with van der Waals surface area (Å²) in [6, 6.07) is 9.05. The first kappa shape index (κ1) is 15.0. The molecule has 0 heterocycles. The van der Waals surface area contributed by atoms with Gasteiger partial charge in [0.25, 0.3) is 0 Å². The molecule has 5 heteroatoms. The fraction of sp³-hybridized carbons (Fsp3) is 0.538. The van der Waals surface area contributed by atoms with E-state index >= 15 is 0 Å². The first-order valence-electron chi connectivity index (χ1n) is 5.91. The maximum absolute atomic E-state index is 12.2. The SMILES string of the molecule is CCCCC(OCc1ccccc1)OC(F)(F)F. The van der Waals surface area contributed by atoms with E-state index in [-0.39, 0.29) is 13.0 Å². The van der Waals surface area contributed by atoms with Gasteiger partial charge < -0.3 is 4.74 Å². The van der Waals surface area contributed by atoms with Crippen molar-refractivity contribution >= 4 is 0 Å². The molecule has 0 amide bonds. The van der Waals surface area contributed by atoms with Crippen LogP contribution in [0.3, 0.4) is 0 Å². The molecular formula is C13H17F3O2. The monoisotopic (exact) mass is 262 g/mol. The summed E-state index contributed by atoms with van der Waals surface area (Å²) in [5.41, 5.74) is 0.824. The van der Waals surface area contributed by atoms with Gasteiger partial charge in [-0.3, -0.25) is 4.74 Å². The summed E-state index contributed by atoms with van der Waals surface area (Å²) >= 11 is 0. The number of hydrogen-bond acceptors (Lipinski definition) is 2. The van der Waals surface area contributed by atoms with Crippen LogP contribution in [-0.4, -0.2) is 12.7 Å². The van der Waals surface area contributed by atoms with E-state index in [1.54, 1.807) is 12.1 Å². The average Bonchev–Trinajstić information content (AvgIpc) is 2.32. The largest absolute Gasteiger partial charge is 0.524 e. The second-order valence-corrected chi connectivity index (χ2v) is 3.93. The number of ether oxygens (including phenoxy) is 2. The molecular weight excluding hydrogens is 245 g/mol. The molecule has 0 bridgehead atoms. The highest BCUT2D eigenvalue weighted by molar-refractivity contribution is 5.13. The zero-order valence-electron chi connectivity index (χ0n) is 10.2. The van der Waals surface area contributed by atoms with Gasteiger partial charge in [-0.05, 0) is 18.4 Å². The summed E-state index contributed by atoms with van der Waals surface area (Å²) in [6.07, 6.45) is -4.22. The van der Waals surface area contributed by atoms with Crippen molar-refractivity contribution in [3.8, 4) is 0 Å². The van der Waals surface area contributed by atoms with E-state index in [2.05, 4.69) is 4.74 Å². The van der Waals surface area contributed by atoms with Crippen molar-refractivity contribution in [2.45, 2.75) is 45.4 Å². The minimum atomic E-state index is -4.66. The van der Waals surface area contributed by atoms with Gasteiger partial charge in [0.1, 0.15) is 0 Å². The van der Waals surface area contributed by atoms with Crippen LogP contribution in [0.4, 0.5) is 13.2 Å². The Hall–Kier alpha value is -1.07. The third-order valence-corrected chi connectivity index (χ3v) is 2.34. The topological polar surface area (TPSA) is 18.5 Å². The molecule has 102 valence electrons. The zero-order chi connectivity index (χ0) is 13.4. The summed E-state index contributed by atoms with van der Waals surface area (Å²) in [5.74, 6) is 0. The first-order chi connectivity index (χ1) is 8.51. The van der Waals surface area contributed by atoms with Crippen LogP contribution in [0.2, 0.25) is 0 Å². The highest BCUT2D eigenvalue weighted by Crippen LogP contribution is 2.22. The molecule has 1 atom stereocenters. The highest BCUT2D eigenvalue weighted by Gasteiger charge is 2.33. The normalized spacial score (nSPS) is 13.6. The highest BCUT2D eigenvalue weighted by atomic mass is 19.4. The lowest BCUT2D eigenvalue weighted by molar-refractivity contribution is -0.381. The lowest BCUT2D eigenvalue weighted by atomic mass is 10.2. The number of rotatable bonds is 7. The third kappa shape index (κ3) is 6.61. The molecule has 0 aromatic heterocycles. The van der Waals surface area contributed by atoms with Gasteiger partial charge >= 0.3 is 6.36 Å². The molecule has 0 aliphatic carbocycles. The van der Waals surface area contributed by atoms with Crippen molar-refractivity contribution in [1.82, 2.24) is 0 Å². The van der Waals surface area contributed by atoms with E-state index in [4.69, 9.17) is 4.74 Å². The van der Waals surface area contributed by atoms with Gasteiger partial charge in [-0.15, -0.1) is 13.2 Å². The second kappa shape index (κ2) is 7.38. The number of alkyl halides is 3. The molecule has 2 nitrogen and oxygen atoms in total. The van der Waals surface area contributed by atoms with Gasteiger partial charge in [-0.1, -0.05) is 43.7 Å². The number of benzene rings is 1. The third-order valence-electron chi connectivity index (χ3n) is 2.34. The van der Waals surface area contributed by atoms with Gasteiger partial charge in [0, 0.05) is 0 Å². The Morgan fingerprint density at radius 3 is 2.39 bits per heavy atom. The van der Waals surface area contributed by atoms with Crippen LogP contribution in [-0.2, 0) is 16.1 Å². The second-order valence-electron chi connectivity index (χ2n) is 3.93. The molecule has 0 fully saturated rings. The molecule has 0 aliphatic rings. The van der Waals surface area contributed by atoms with Crippen LogP contribution < -0.4 is 0 Å². The van der Waals surface area contributed by atoms with Crippen molar-refractivity contribution in [1.29, 1.82) is 0 Å². The quantitative estimate of drug-likeness (QED) is 0.684. The number of unbranched alkanes of at least 4 members (excludes halogenated alkanes) is 1. The average molecular weight is 262 g/mol. The van der Waals surface area contributed by atoms with Crippen molar-refractivity contribution < 1.29 is 22.6 Å². The maximum atomic E-state index is 12.2. The standard InChI is InChI=1S/C13H17F3O2/c1-2-3-9-12(18-13(14,15)16)17-10-11-7-5-4-6-8-11/h4-8,12H,2-3,9-10H2,1H3. The molecule has 0 saturated carbocycles. The van der Waals surface area contributed by atoms with E-state index in [1.807, 2.05) is 25.1 Å². The Morgan fingerprint density at radius 1 is 1.17 bits per heavy atom. The molecule has 0 saturated heterocycles. The van der Waals surface area contributed by atoms with E-state index < -0.39 is 12.7 Å². The maximum Gasteiger partial charge on any atom is 0.524 e. The van der Waals surface area contributed by atoms with Crippen molar-refractivity contribution in [2.75, 3.05) is 0 Å². The van der Waals surface area contributed by atoms with Crippen molar-refractivity contribution in [3.05, 3.63) is 35.9 Å².